The Morgan fingerprint density at radius 1 is 1.14 bits per heavy atom. The van der Waals surface area contributed by atoms with Gasteiger partial charge in [0.15, 0.2) is 0 Å². The summed E-state index contributed by atoms with van der Waals surface area (Å²) in [5.74, 6) is -0.0923. The van der Waals surface area contributed by atoms with Crippen LogP contribution in [0.5, 0.6) is 0 Å². The fourth-order valence-corrected chi connectivity index (χ4v) is 2.73. The van der Waals surface area contributed by atoms with E-state index in [1.807, 2.05) is 50.2 Å². The summed E-state index contributed by atoms with van der Waals surface area (Å²) in [7, 11) is 0. The molecule has 110 valence electrons. The molecule has 2 rings (SSSR count). The first-order valence-electron chi connectivity index (χ1n) is 7.25. The zero-order valence-corrected chi connectivity index (χ0v) is 13.4. The molecule has 0 fully saturated rings. The van der Waals surface area contributed by atoms with Crippen molar-refractivity contribution in [1.82, 2.24) is 0 Å². The van der Waals surface area contributed by atoms with Crippen LogP contribution < -0.4 is 5.32 Å². The monoisotopic (exact) mass is 301 g/mol. The van der Waals surface area contributed by atoms with E-state index in [4.69, 9.17) is 11.6 Å². The first-order chi connectivity index (χ1) is 10.1. The maximum atomic E-state index is 12.5. The summed E-state index contributed by atoms with van der Waals surface area (Å²) in [6.45, 7) is 6.10. The second-order valence-electron chi connectivity index (χ2n) is 5.09. The molecule has 2 nitrogen and oxygen atoms in total. The normalized spacial score (nSPS) is 10.5. The van der Waals surface area contributed by atoms with Gasteiger partial charge < -0.3 is 5.32 Å². The van der Waals surface area contributed by atoms with Crippen molar-refractivity contribution in [2.45, 2.75) is 33.6 Å². The van der Waals surface area contributed by atoms with Crippen molar-refractivity contribution in [3.8, 4) is 0 Å². The van der Waals surface area contributed by atoms with Gasteiger partial charge in [0, 0.05) is 16.3 Å². The van der Waals surface area contributed by atoms with Crippen LogP contribution >= 0.6 is 11.6 Å². The third-order valence-corrected chi connectivity index (χ3v) is 3.95. The lowest BCUT2D eigenvalue weighted by Gasteiger charge is -2.16. The number of carbonyl (C=O) groups is 1. The Kier molecular flexibility index (Phi) is 5.03. The molecule has 0 spiro atoms. The molecule has 2 aromatic carbocycles. The van der Waals surface area contributed by atoms with Crippen molar-refractivity contribution < 1.29 is 4.79 Å². The van der Waals surface area contributed by atoms with E-state index in [-0.39, 0.29) is 5.91 Å². The Hall–Kier alpha value is -1.80. The number of benzene rings is 2. The predicted octanol–water partition coefficient (Wildman–Crippen LogP) is 5.03. The number of rotatable bonds is 4. The van der Waals surface area contributed by atoms with E-state index in [0.29, 0.717) is 10.6 Å². The maximum absolute atomic E-state index is 12.5. The molecule has 1 N–H and O–H groups in total. The summed E-state index contributed by atoms with van der Waals surface area (Å²) in [5.41, 5.74) is 4.70. The molecule has 1 amide bonds. The van der Waals surface area contributed by atoms with E-state index in [0.717, 1.165) is 35.2 Å². The van der Waals surface area contributed by atoms with Crippen LogP contribution in [-0.2, 0) is 12.8 Å². The molecular weight excluding hydrogens is 282 g/mol. The third kappa shape index (κ3) is 3.45. The van der Waals surface area contributed by atoms with Crippen LogP contribution in [-0.4, -0.2) is 5.91 Å². The Labute approximate surface area is 131 Å². The van der Waals surface area contributed by atoms with Crippen LogP contribution in [0.15, 0.2) is 36.4 Å². The van der Waals surface area contributed by atoms with Gasteiger partial charge in [0.2, 0.25) is 0 Å². The number of anilines is 1. The summed E-state index contributed by atoms with van der Waals surface area (Å²) in [6, 6.07) is 11.5. The standard InChI is InChI=1S/C18H20ClNO/c1-4-13-9-10-16(19)15(5-2)17(13)20-18(21)14-8-6-7-12(3)11-14/h6-11H,4-5H2,1-3H3,(H,20,21). The van der Waals surface area contributed by atoms with Gasteiger partial charge in [-0.25, -0.2) is 0 Å². The highest BCUT2D eigenvalue weighted by Gasteiger charge is 2.14. The number of nitrogens with one attached hydrogen (secondary N) is 1. The van der Waals surface area contributed by atoms with Gasteiger partial charge in [0.05, 0.1) is 0 Å². The molecule has 0 aromatic heterocycles. The van der Waals surface area contributed by atoms with Crippen LogP contribution in [0.3, 0.4) is 0 Å². The van der Waals surface area contributed by atoms with Crippen LogP contribution in [0.4, 0.5) is 5.69 Å². The summed E-state index contributed by atoms with van der Waals surface area (Å²) in [6.07, 6.45) is 1.64. The Balaban J connectivity index is 2.38. The Bertz CT molecular complexity index is 664. The van der Waals surface area contributed by atoms with Crippen LogP contribution in [0.2, 0.25) is 5.02 Å². The largest absolute Gasteiger partial charge is 0.321 e. The van der Waals surface area contributed by atoms with Gasteiger partial charge in [0.25, 0.3) is 5.91 Å². The highest BCUT2D eigenvalue weighted by molar-refractivity contribution is 6.32. The SMILES string of the molecule is CCc1ccc(Cl)c(CC)c1NC(=O)c1cccc(C)c1. The number of hydrogen-bond acceptors (Lipinski definition) is 1. The van der Waals surface area contributed by atoms with Crippen molar-refractivity contribution >= 4 is 23.2 Å². The third-order valence-electron chi connectivity index (χ3n) is 3.60. The lowest BCUT2D eigenvalue weighted by Crippen LogP contribution is -2.15. The van der Waals surface area contributed by atoms with Crippen molar-refractivity contribution in [3.63, 3.8) is 0 Å². The molecule has 0 atom stereocenters. The highest BCUT2D eigenvalue weighted by Crippen LogP contribution is 2.30. The van der Waals surface area contributed by atoms with Crippen molar-refractivity contribution in [2.24, 2.45) is 0 Å². The molecule has 0 saturated heterocycles. The Morgan fingerprint density at radius 3 is 2.52 bits per heavy atom. The molecule has 0 saturated carbocycles. The number of halogens is 1. The summed E-state index contributed by atoms with van der Waals surface area (Å²) in [5, 5.41) is 3.74. The van der Waals surface area contributed by atoms with Gasteiger partial charge >= 0.3 is 0 Å². The summed E-state index contributed by atoms with van der Waals surface area (Å²) in [4.78, 5) is 12.5. The molecular formula is C18H20ClNO. The van der Waals surface area contributed by atoms with Crippen LogP contribution in [0.25, 0.3) is 0 Å². The van der Waals surface area contributed by atoms with Gasteiger partial charge in [-0.15, -0.1) is 0 Å². The number of carbonyl (C=O) groups excluding carboxylic acids is 1. The summed E-state index contributed by atoms with van der Waals surface area (Å²) < 4.78 is 0. The van der Waals surface area contributed by atoms with Gasteiger partial charge in [-0.2, -0.15) is 0 Å². The zero-order chi connectivity index (χ0) is 15.4. The fourth-order valence-electron chi connectivity index (χ4n) is 2.44. The maximum Gasteiger partial charge on any atom is 0.255 e. The summed E-state index contributed by atoms with van der Waals surface area (Å²) >= 11 is 6.26. The average Bonchev–Trinajstić information content (AvgIpc) is 2.47. The molecule has 2 aromatic rings. The molecule has 21 heavy (non-hydrogen) atoms. The molecule has 0 radical (unpaired) electrons. The molecule has 0 aliphatic heterocycles. The number of amides is 1. The first kappa shape index (κ1) is 15.6. The smallest absolute Gasteiger partial charge is 0.255 e. The lowest BCUT2D eigenvalue weighted by molar-refractivity contribution is 0.102. The zero-order valence-electron chi connectivity index (χ0n) is 12.7. The molecule has 0 heterocycles. The van der Waals surface area contributed by atoms with E-state index in [1.165, 1.54) is 0 Å². The van der Waals surface area contributed by atoms with Gasteiger partial charge in [-0.05, 0) is 49.1 Å². The molecule has 0 bridgehead atoms. The Morgan fingerprint density at radius 2 is 1.90 bits per heavy atom. The van der Waals surface area contributed by atoms with E-state index in [9.17, 15) is 4.79 Å². The van der Waals surface area contributed by atoms with E-state index in [2.05, 4.69) is 12.2 Å². The molecule has 0 unspecified atom stereocenters. The van der Waals surface area contributed by atoms with Gasteiger partial charge in [0.1, 0.15) is 0 Å². The second kappa shape index (κ2) is 6.77. The van der Waals surface area contributed by atoms with Gasteiger partial charge in [-0.1, -0.05) is 49.2 Å². The topological polar surface area (TPSA) is 29.1 Å². The average molecular weight is 302 g/mol. The minimum Gasteiger partial charge on any atom is -0.321 e. The highest BCUT2D eigenvalue weighted by atomic mass is 35.5. The van der Waals surface area contributed by atoms with Crippen LogP contribution in [0.1, 0.15) is 40.9 Å². The van der Waals surface area contributed by atoms with Crippen molar-refractivity contribution in [2.75, 3.05) is 5.32 Å². The molecule has 0 aliphatic rings. The predicted molar refractivity (Wildman–Crippen MR) is 89.3 cm³/mol. The van der Waals surface area contributed by atoms with Crippen molar-refractivity contribution in [3.05, 3.63) is 63.7 Å². The van der Waals surface area contributed by atoms with E-state index < -0.39 is 0 Å². The minimum absolute atomic E-state index is 0.0923. The number of hydrogen-bond donors (Lipinski definition) is 1. The lowest BCUT2D eigenvalue weighted by atomic mass is 10.0. The van der Waals surface area contributed by atoms with Crippen LogP contribution in [0, 0.1) is 6.92 Å². The van der Waals surface area contributed by atoms with Gasteiger partial charge in [-0.3, -0.25) is 4.79 Å². The first-order valence-corrected chi connectivity index (χ1v) is 7.62. The quantitative estimate of drug-likeness (QED) is 0.843. The number of aryl methyl sites for hydroxylation is 2. The fraction of sp³-hybridized carbons (Fsp3) is 0.278. The second-order valence-corrected chi connectivity index (χ2v) is 5.50. The molecule has 3 heteroatoms. The minimum atomic E-state index is -0.0923. The molecule has 0 aliphatic carbocycles. The van der Waals surface area contributed by atoms with E-state index in [1.54, 1.807) is 0 Å². The van der Waals surface area contributed by atoms with E-state index >= 15 is 0 Å². The van der Waals surface area contributed by atoms with Crippen molar-refractivity contribution in [1.29, 1.82) is 0 Å².